The highest BCUT2D eigenvalue weighted by Crippen LogP contribution is 2.28. The smallest absolute Gasteiger partial charge is 0.306 e. The van der Waals surface area contributed by atoms with Crippen LogP contribution >= 0.6 is 11.8 Å². The fourth-order valence-electron chi connectivity index (χ4n) is 3.06. The molecule has 0 spiro atoms. The van der Waals surface area contributed by atoms with Gasteiger partial charge in [0.2, 0.25) is 0 Å². The predicted molar refractivity (Wildman–Crippen MR) is 93.5 cm³/mol. The molecule has 0 heterocycles. The summed E-state index contributed by atoms with van der Waals surface area (Å²) in [5.74, 6) is -0.233. The minimum Gasteiger partial charge on any atom is -0.456 e. The number of nitrogens with one attached hydrogen (secondary N) is 1. The van der Waals surface area contributed by atoms with Gasteiger partial charge in [0.15, 0.2) is 6.61 Å². The van der Waals surface area contributed by atoms with Crippen molar-refractivity contribution >= 4 is 29.3 Å². The van der Waals surface area contributed by atoms with Gasteiger partial charge in [-0.1, -0.05) is 12.8 Å². The summed E-state index contributed by atoms with van der Waals surface area (Å²) >= 11 is 1.08. The molecule has 5 nitrogen and oxygen atoms in total. The van der Waals surface area contributed by atoms with E-state index in [0.29, 0.717) is 18.0 Å². The highest BCUT2D eigenvalue weighted by molar-refractivity contribution is 8.03. The monoisotopic (exact) mass is 346 g/mol. The number of rotatable bonds is 6. The normalized spacial score (nSPS) is 14.2. The summed E-state index contributed by atoms with van der Waals surface area (Å²) in [6.07, 6.45) is 4.92. The van der Waals surface area contributed by atoms with Crippen molar-refractivity contribution in [2.45, 2.75) is 50.8 Å². The molecule has 1 fully saturated rings. The summed E-state index contributed by atoms with van der Waals surface area (Å²) in [4.78, 5) is 24.6. The number of thioether (sulfide) groups is 1. The average molecular weight is 346 g/mol. The van der Waals surface area contributed by atoms with Crippen LogP contribution in [0.25, 0.3) is 0 Å². The molecule has 0 radical (unpaired) electrons. The third kappa shape index (κ3) is 5.27. The number of nitriles is 1. The molecule has 1 N–H and O–H groups in total. The standard InChI is InChI=1S/C18H22N2O3S/c1-12-7-15(24-11-19)8-13(2)18(12)20-16(21)10-23-17(22)9-14-5-3-4-6-14/h7-8,14H,3-6,9-10H2,1-2H3,(H,20,21). The first-order chi connectivity index (χ1) is 11.5. The van der Waals surface area contributed by atoms with E-state index >= 15 is 0 Å². The number of aryl methyl sites for hydroxylation is 2. The van der Waals surface area contributed by atoms with Crippen LogP contribution in [-0.2, 0) is 14.3 Å². The summed E-state index contributed by atoms with van der Waals surface area (Å²) < 4.78 is 5.08. The van der Waals surface area contributed by atoms with Gasteiger partial charge in [0, 0.05) is 17.0 Å². The largest absolute Gasteiger partial charge is 0.456 e. The second-order valence-corrected chi connectivity index (χ2v) is 7.05. The van der Waals surface area contributed by atoms with E-state index in [4.69, 9.17) is 10.00 Å². The lowest BCUT2D eigenvalue weighted by Crippen LogP contribution is -2.22. The number of esters is 1. The van der Waals surface area contributed by atoms with Gasteiger partial charge >= 0.3 is 5.97 Å². The van der Waals surface area contributed by atoms with Crippen molar-refractivity contribution < 1.29 is 14.3 Å². The maximum atomic E-state index is 12.0. The van der Waals surface area contributed by atoms with Crippen molar-refractivity contribution in [1.82, 2.24) is 0 Å². The Morgan fingerprint density at radius 3 is 2.50 bits per heavy atom. The third-order valence-corrected chi connectivity index (χ3v) is 4.79. The fraction of sp³-hybridized carbons (Fsp3) is 0.500. The first-order valence-electron chi connectivity index (χ1n) is 8.12. The van der Waals surface area contributed by atoms with Gasteiger partial charge in [0.25, 0.3) is 5.91 Å². The zero-order valence-electron chi connectivity index (χ0n) is 14.1. The van der Waals surface area contributed by atoms with Gasteiger partial charge < -0.3 is 10.1 Å². The van der Waals surface area contributed by atoms with Crippen molar-refractivity contribution in [3.8, 4) is 5.40 Å². The molecule has 24 heavy (non-hydrogen) atoms. The molecule has 1 aliphatic carbocycles. The Morgan fingerprint density at radius 1 is 1.29 bits per heavy atom. The van der Waals surface area contributed by atoms with E-state index in [1.807, 2.05) is 31.4 Å². The Balaban J connectivity index is 1.85. The van der Waals surface area contributed by atoms with E-state index in [1.165, 1.54) is 12.8 Å². The summed E-state index contributed by atoms with van der Waals surface area (Å²) in [7, 11) is 0. The van der Waals surface area contributed by atoms with Gasteiger partial charge in [-0.3, -0.25) is 9.59 Å². The minimum atomic E-state index is -0.346. The van der Waals surface area contributed by atoms with Crippen molar-refractivity contribution in [2.24, 2.45) is 5.92 Å². The number of thiocyanates is 1. The second kappa shape index (κ2) is 8.74. The quantitative estimate of drug-likeness (QED) is 0.479. The number of carbonyl (C=O) groups excluding carboxylic acids is 2. The third-order valence-electron chi connectivity index (χ3n) is 4.23. The molecule has 0 atom stereocenters. The Kier molecular flexibility index (Phi) is 6.68. The molecule has 2 rings (SSSR count). The molecular weight excluding hydrogens is 324 g/mol. The number of amides is 1. The Morgan fingerprint density at radius 2 is 1.92 bits per heavy atom. The predicted octanol–water partition coefficient (Wildman–Crippen LogP) is 3.94. The molecule has 0 aromatic heterocycles. The molecule has 1 aliphatic rings. The zero-order valence-corrected chi connectivity index (χ0v) is 14.9. The highest BCUT2D eigenvalue weighted by atomic mass is 32.2. The molecule has 6 heteroatoms. The Bertz CT molecular complexity index is 638. The van der Waals surface area contributed by atoms with Crippen LogP contribution in [0.3, 0.4) is 0 Å². The summed E-state index contributed by atoms with van der Waals surface area (Å²) in [6.45, 7) is 3.48. The molecule has 1 saturated carbocycles. The second-order valence-electron chi connectivity index (χ2n) is 6.19. The van der Waals surface area contributed by atoms with Gasteiger partial charge in [-0.25, -0.2) is 0 Å². The van der Waals surface area contributed by atoms with E-state index < -0.39 is 0 Å². The van der Waals surface area contributed by atoms with Gasteiger partial charge in [-0.05, 0) is 67.6 Å². The molecular formula is C18H22N2O3S. The Labute approximate surface area is 146 Å². The fourth-order valence-corrected chi connectivity index (χ4v) is 3.64. The number of anilines is 1. The van der Waals surface area contributed by atoms with E-state index in [1.54, 1.807) is 0 Å². The molecule has 128 valence electrons. The molecule has 0 saturated heterocycles. The Hall–Kier alpha value is -2.00. The first-order valence-corrected chi connectivity index (χ1v) is 8.94. The van der Waals surface area contributed by atoms with Crippen LogP contribution in [0.15, 0.2) is 17.0 Å². The topological polar surface area (TPSA) is 79.2 Å². The summed E-state index contributed by atoms with van der Waals surface area (Å²) in [5.41, 5.74) is 2.45. The van der Waals surface area contributed by atoms with Crippen LogP contribution in [0.2, 0.25) is 0 Å². The molecule has 0 unspecified atom stereocenters. The van der Waals surface area contributed by atoms with E-state index in [0.717, 1.165) is 40.6 Å². The number of hydrogen-bond acceptors (Lipinski definition) is 5. The van der Waals surface area contributed by atoms with Gasteiger partial charge in [0.1, 0.15) is 5.40 Å². The van der Waals surface area contributed by atoms with Crippen molar-refractivity contribution in [3.63, 3.8) is 0 Å². The first kappa shape index (κ1) is 18.3. The van der Waals surface area contributed by atoms with Crippen LogP contribution < -0.4 is 5.32 Å². The number of benzene rings is 1. The molecule has 1 amide bonds. The molecule has 1 aromatic carbocycles. The average Bonchev–Trinajstić information content (AvgIpc) is 3.02. The minimum absolute atomic E-state index is 0.265. The maximum absolute atomic E-state index is 12.0. The summed E-state index contributed by atoms with van der Waals surface area (Å²) in [6, 6.07) is 3.70. The molecule has 1 aromatic rings. The zero-order chi connectivity index (χ0) is 17.5. The van der Waals surface area contributed by atoms with E-state index in [9.17, 15) is 9.59 Å². The number of hydrogen-bond donors (Lipinski definition) is 1. The summed E-state index contributed by atoms with van der Waals surface area (Å²) in [5, 5.41) is 13.6. The molecule has 0 bridgehead atoms. The van der Waals surface area contributed by atoms with Crippen LogP contribution in [0, 0.1) is 30.4 Å². The van der Waals surface area contributed by atoms with E-state index in [-0.39, 0.29) is 18.5 Å². The van der Waals surface area contributed by atoms with E-state index in [2.05, 4.69) is 5.32 Å². The number of carbonyl (C=O) groups is 2. The molecule has 0 aliphatic heterocycles. The van der Waals surface area contributed by atoms with Crippen LogP contribution in [0.4, 0.5) is 5.69 Å². The van der Waals surface area contributed by atoms with Gasteiger partial charge in [-0.15, -0.1) is 0 Å². The van der Waals surface area contributed by atoms with Crippen molar-refractivity contribution in [1.29, 1.82) is 5.26 Å². The lowest BCUT2D eigenvalue weighted by Gasteiger charge is -2.13. The van der Waals surface area contributed by atoms with Crippen molar-refractivity contribution in [3.05, 3.63) is 23.3 Å². The van der Waals surface area contributed by atoms with Crippen LogP contribution in [-0.4, -0.2) is 18.5 Å². The van der Waals surface area contributed by atoms with Crippen LogP contribution in [0.5, 0.6) is 0 Å². The van der Waals surface area contributed by atoms with Gasteiger partial charge in [-0.2, -0.15) is 5.26 Å². The number of ether oxygens (including phenoxy) is 1. The lowest BCUT2D eigenvalue weighted by molar-refractivity contribution is -0.148. The van der Waals surface area contributed by atoms with Crippen LogP contribution in [0.1, 0.15) is 43.2 Å². The maximum Gasteiger partial charge on any atom is 0.306 e. The lowest BCUT2D eigenvalue weighted by atomic mass is 10.0. The van der Waals surface area contributed by atoms with Gasteiger partial charge in [0.05, 0.1) is 0 Å². The number of nitrogens with zero attached hydrogens (tertiary/aromatic N) is 1. The highest BCUT2D eigenvalue weighted by Gasteiger charge is 2.20. The van der Waals surface area contributed by atoms with Crippen molar-refractivity contribution in [2.75, 3.05) is 11.9 Å². The SMILES string of the molecule is Cc1cc(SC#N)cc(C)c1NC(=O)COC(=O)CC1CCCC1.